The molecule has 0 spiro atoms. The molecule has 0 saturated carbocycles. The Morgan fingerprint density at radius 1 is 1.15 bits per heavy atom. The zero-order valence-corrected chi connectivity index (χ0v) is 19.2. The number of morpholine rings is 1. The summed E-state index contributed by atoms with van der Waals surface area (Å²) in [5, 5.41) is 2.75. The number of nitrogens with zero attached hydrogens (tertiary/aromatic N) is 2. The molecule has 0 atom stereocenters. The SMILES string of the molecule is COc1ccc(NC(=O)Cc2nc(-c3ccccc3)oc2C)cc1S(=O)(=O)N1CCOCC1. The van der Waals surface area contributed by atoms with Gasteiger partial charge in [0, 0.05) is 24.3 Å². The van der Waals surface area contributed by atoms with Crippen LogP contribution in [0.3, 0.4) is 0 Å². The van der Waals surface area contributed by atoms with E-state index in [4.69, 9.17) is 13.9 Å². The number of benzene rings is 2. The normalized spacial score (nSPS) is 14.7. The van der Waals surface area contributed by atoms with E-state index in [0.717, 1.165) is 5.56 Å². The number of ether oxygens (including phenoxy) is 2. The van der Waals surface area contributed by atoms with E-state index in [1.165, 1.54) is 23.5 Å². The van der Waals surface area contributed by atoms with Crippen molar-refractivity contribution in [3.05, 3.63) is 60.0 Å². The van der Waals surface area contributed by atoms with Crippen LogP contribution >= 0.6 is 0 Å². The molecule has 1 fully saturated rings. The third-order valence-corrected chi connectivity index (χ3v) is 7.20. The summed E-state index contributed by atoms with van der Waals surface area (Å²) in [6.07, 6.45) is -0.0141. The van der Waals surface area contributed by atoms with Crippen molar-refractivity contribution in [1.82, 2.24) is 9.29 Å². The first-order valence-electron chi connectivity index (χ1n) is 10.5. The quantitative estimate of drug-likeness (QED) is 0.564. The van der Waals surface area contributed by atoms with Crippen molar-refractivity contribution >= 4 is 21.6 Å². The number of carbonyl (C=O) groups excluding carboxylic acids is 1. The lowest BCUT2D eigenvalue weighted by molar-refractivity contribution is -0.115. The van der Waals surface area contributed by atoms with Crippen LogP contribution in [0, 0.1) is 6.92 Å². The topological polar surface area (TPSA) is 111 Å². The number of aromatic nitrogens is 1. The van der Waals surface area contributed by atoms with E-state index in [9.17, 15) is 13.2 Å². The molecule has 2 aromatic carbocycles. The molecule has 1 aliphatic rings. The molecule has 2 heterocycles. The molecular weight excluding hydrogens is 446 g/mol. The maximum Gasteiger partial charge on any atom is 0.246 e. The van der Waals surface area contributed by atoms with Crippen molar-refractivity contribution in [3.8, 4) is 17.2 Å². The van der Waals surface area contributed by atoms with Gasteiger partial charge in [0.05, 0.1) is 32.4 Å². The molecule has 0 radical (unpaired) electrons. The number of rotatable bonds is 7. The Balaban J connectivity index is 1.52. The average Bonchev–Trinajstić information content (AvgIpc) is 3.20. The van der Waals surface area contributed by atoms with Gasteiger partial charge in [-0.15, -0.1) is 0 Å². The maximum absolute atomic E-state index is 13.1. The lowest BCUT2D eigenvalue weighted by Gasteiger charge is -2.26. The lowest BCUT2D eigenvalue weighted by Crippen LogP contribution is -2.40. The number of methoxy groups -OCH3 is 1. The summed E-state index contributed by atoms with van der Waals surface area (Å²) in [4.78, 5) is 17.1. The fourth-order valence-electron chi connectivity index (χ4n) is 3.54. The summed E-state index contributed by atoms with van der Waals surface area (Å²) in [5.41, 5.74) is 1.68. The number of nitrogens with one attached hydrogen (secondary N) is 1. The fraction of sp³-hybridized carbons (Fsp3) is 0.304. The molecule has 174 valence electrons. The van der Waals surface area contributed by atoms with E-state index in [-0.39, 0.29) is 36.1 Å². The highest BCUT2D eigenvalue weighted by molar-refractivity contribution is 7.89. The van der Waals surface area contributed by atoms with Gasteiger partial charge in [0.1, 0.15) is 16.4 Å². The van der Waals surface area contributed by atoms with Crippen molar-refractivity contribution in [1.29, 1.82) is 0 Å². The van der Waals surface area contributed by atoms with Crippen molar-refractivity contribution in [3.63, 3.8) is 0 Å². The van der Waals surface area contributed by atoms with E-state index in [1.54, 1.807) is 13.0 Å². The number of amides is 1. The Labute approximate surface area is 192 Å². The molecule has 4 rings (SSSR count). The van der Waals surface area contributed by atoms with Crippen LogP contribution in [0.4, 0.5) is 5.69 Å². The number of oxazole rings is 1. The highest BCUT2D eigenvalue weighted by atomic mass is 32.2. The first-order chi connectivity index (χ1) is 15.9. The zero-order valence-electron chi connectivity index (χ0n) is 18.4. The Morgan fingerprint density at radius 3 is 2.58 bits per heavy atom. The second kappa shape index (κ2) is 9.74. The summed E-state index contributed by atoms with van der Waals surface area (Å²) >= 11 is 0. The third kappa shape index (κ3) is 5.08. The van der Waals surface area contributed by atoms with Crippen LogP contribution in [0.5, 0.6) is 5.75 Å². The van der Waals surface area contributed by atoms with Crippen LogP contribution in [-0.2, 0) is 26.0 Å². The van der Waals surface area contributed by atoms with E-state index in [2.05, 4.69) is 10.3 Å². The standard InChI is InChI=1S/C23H25N3O6S/c1-16-19(25-23(32-16)17-6-4-3-5-7-17)15-22(27)24-18-8-9-20(30-2)21(14-18)33(28,29)26-10-12-31-13-11-26/h3-9,14H,10-13,15H2,1-2H3,(H,24,27). The number of anilines is 1. The lowest BCUT2D eigenvalue weighted by atomic mass is 10.2. The molecule has 1 aliphatic heterocycles. The molecule has 33 heavy (non-hydrogen) atoms. The first kappa shape index (κ1) is 23.0. The molecule has 0 aliphatic carbocycles. The highest BCUT2D eigenvalue weighted by Gasteiger charge is 2.29. The third-order valence-electron chi connectivity index (χ3n) is 5.28. The van der Waals surface area contributed by atoms with Crippen LogP contribution in [0.1, 0.15) is 11.5 Å². The highest BCUT2D eigenvalue weighted by Crippen LogP contribution is 2.30. The van der Waals surface area contributed by atoms with Gasteiger partial charge in [0.25, 0.3) is 0 Å². The monoisotopic (exact) mass is 471 g/mol. The first-order valence-corrected chi connectivity index (χ1v) is 11.9. The summed E-state index contributed by atoms with van der Waals surface area (Å²) < 4.78 is 43.8. The van der Waals surface area contributed by atoms with Gasteiger partial charge in [-0.3, -0.25) is 4.79 Å². The molecule has 1 N–H and O–H groups in total. The van der Waals surface area contributed by atoms with E-state index in [1.807, 2.05) is 30.3 Å². The molecular formula is C23H25N3O6S. The van der Waals surface area contributed by atoms with Gasteiger partial charge < -0.3 is 19.2 Å². The van der Waals surface area contributed by atoms with Crippen LogP contribution in [0.25, 0.3) is 11.5 Å². The number of aryl methyl sites for hydroxylation is 1. The van der Waals surface area contributed by atoms with Crippen LogP contribution in [0.2, 0.25) is 0 Å². The van der Waals surface area contributed by atoms with Gasteiger partial charge >= 0.3 is 0 Å². The Kier molecular flexibility index (Phi) is 6.77. The van der Waals surface area contributed by atoms with Gasteiger partial charge in [-0.2, -0.15) is 4.31 Å². The fourth-order valence-corrected chi connectivity index (χ4v) is 5.13. The predicted molar refractivity (Wildman–Crippen MR) is 122 cm³/mol. The summed E-state index contributed by atoms with van der Waals surface area (Å²) in [7, 11) is -2.40. The molecule has 9 nitrogen and oxygen atoms in total. The molecule has 1 saturated heterocycles. The minimum Gasteiger partial charge on any atom is -0.495 e. The van der Waals surface area contributed by atoms with Gasteiger partial charge in [-0.05, 0) is 37.3 Å². The minimum absolute atomic E-state index is 0.00585. The van der Waals surface area contributed by atoms with E-state index < -0.39 is 10.0 Å². The second-order valence-corrected chi connectivity index (χ2v) is 9.40. The molecule has 0 unspecified atom stereocenters. The van der Waals surface area contributed by atoms with Gasteiger partial charge in [0.2, 0.25) is 21.8 Å². The summed E-state index contributed by atoms with van der Waals surface area (Å²) in [6, 6.07) is 14.0. The van der Waals surface area contributed by atoms with Crippen molar-refractivity contribution in [2.24, 2.45) is 0 Å². The van der Waals surface area contributed by atoms with Gasteiger partial charge in [-0.25, -0.2) is 13.4 Å². The van der Waals surface area contributed by atoms with Gasteiger partial charge in [-0.1, -0.05) is 18.2 Å². The molecule has 1 amide bonds. The average molecular weight is 472 g/mol. The van der Waals surface area contributed by atoms with Crippen molar-refractivity contribution in [2.75, 3.05) is 38.7 Å². The maximum atomic E-state index is 13.1. The predicted octanol–water partition coefficient (Wildman–Crippen LogP) is 2.86. The Morgan fingerprint density at radius 2 is 1.88 bits per heavy atom. The molecule has 0 bridgehead atoms. The number of carbonyl (C=O) groups is 1. The molecule has 3 aromatic rings. The molecule has 10 heteroatoms. The van der Waals surface area contributed by atoms with Gasteiger partial charge in [0.15, 0.2) is 0 Å². The Bertz CT molecular complexity index is 1230. The zero-order chi connectivity index (χ0) is 23.4. The second-order valence-electron chi connectivity index (χ2n) is 7.49. The summed E-state index contributed by atoms with van der Waals surface area (Å²) in [5.74, 6) is 0.860. The largest absolute Gasteiger partial charge is 0.495 e. The van der Waals surface area contributed by atoms with E-state index >= 15 is 0 Å². The number of sulfonamides is 1. The van der Waals surface area contributed by atoms with Crippen LogP contribution < -0.4 is 10.1 Å². The van der Waals surface area contributed by atoms with Crippen molar-refractivity contribution < 1.29 is 27.1 Å². The number of hydrogen-bond donors (Lipinski definition) is 1. The van der Waals surface area contributed by atoms with Crippen LogP contribution in [0.15, 0.2) is 57.8 Å². The van der Waals surface area contributed by atoms with Crippen LogP contribution in [-0.4, -0.2) is 57.0 Å². The molecule has 1 aromatic heterocycles. The number of hydrogen-bond acceptors (Lipinski definition) is 7. The summed E-state index contributed by atoms with van der Waals surface area (Å²) in [6.45, 7) is 2.94. The minimum atomic E-state index is -3.81. The van der Waals surface area contributed by atoms with E-state index in [0.29, 0.717) is 36.2 Å². The van der Waals surface area contributed by atoms with Crippen molar-refractivity contribution in [2.45, 2.75) is 18.2 Å². The Hall–Kier alpha value is -3.21. The smallest absolute Gasteiger partial charge is 0.246 e.